The summed E-state index contributed by atoms with van der Waals surface area (Å²) < 4.78 is 0. The first-order valence-corrected chi connectivity index (χ1v) is 7.25. The number of ketones is 1. The molecular weight excluding hydrogens is 230 g/mol. The Balaban J connectivity index is 2.02. The largest absolute Gasteiger partial charge is 0.292 e. The predicted octanol–water partition coefficient (Wildman–Crippen LogP) is 3.50. The van der Waals surface area contributed by atoms with E-state index in [9.17, 15) is 4.79 Å². The zero-order chi connectivity index (χ0) is 12.4. The average molecular weight is 251 g/mol. The molecule has 1 aromatic rings. The number of aryl methyl sites for hydroxylation is 1. The van der Waals surface area contributed by atoms with E-state index in [0.717, 1.165) is 4.88 Å². The van der Waals surface area contributed by atoms with Crippen LogP contribution in [0.1, 0.15) is 47.7 Å². The summed E-state index contributed by atoms with van der Waals surface area (Å²) in [5.41, 5.74) is 0. The number of hydrogen-bond donors (Lipinski definition) is 0. The first-order valence-electron chi connectivity index (χ1n) is 6.43. The second-order valence-electron chi connectivity index (χ2n) is 5.13. The van der Waals surface area contributed by atoms with E-state index in [0.29, 0.717) is 18.6 Å². The van der Waals surface area contributed by atoms with Crippen molar-refractivity contribution in [3.05, 3.63) is 21.9 Å². The van der Waals surface area contributed by atoms with Crippen LogP contribution in [0.25, 0.3) is 0 Å². The molecule has 1 aromatic heterocycles. The summed E-state index contributed by atoms with van der Waals surface area (Å²) in [5.74, 6) is 0.281. The van der Waals surface area contributed by atoms with E-state index in [-0.39, 0.29) is 5.78 Å². The van der Waals surface area contributed by atoms with Gasteiger partial charge in [0.15, 0.2) is 5.78 Å². The van der Waals surface area contributed by atoms with Crippen LogP contribution in [-0.4, -0.2) is 29.3 Å². The van der Waals surface area contributed by atoms with Crippen LogP contribution in [0.5, 0.6) is 0 Å². The summed E-state index contributed by atoms with van der Waals surface area (Å²) >= 11 is 1.61. The lowest BCUT2D eigenvalue weighted by Crippen LogP contribution is -2.46. The maximum atomic E-state index is 12.2. The molecule has 0 aromatic carbocycles. The molecule has 2 atom stereocenters. The van der Waals surface area contributed by atoms with E-state index in [2.05, 4.69) is 18.7 Å². The summed E-state index contributed by atoms with van der Waals surface area (Å²) in [6.07, 6.45) is 3.74. The molecule has 0 radical (unpaired) electrons. The van der Waals surface area contributed by atoms with E-state index in [1.54, 1.807) is 11.3 Å². The molecule has 0 aliphatic carbocycles. The van der Waals surface area contributed by atoms with Crippen LogP contribution < -0.4 is 0 Å². The molecule has 1 aliphatic heterocycles. The Labute approximate surface area is 108 Å². The number of hydrogen-bond acceptors (Lipinski definition) is 3. The van der Waals surface area contributed by atoms with Crippen molar-refractivity contribution in [2.75, 3.05) is 6.54 Å². The first kappa shape index (κ1) is 12.8. The van der Waals surface area contributed by atoms with Crippen molar-refractivity contribution in [1.82, 2.24) is 4.90 Å². The monoisotopic (exact) mass is 251 g/mol. The molecule has 1 fully saturated rings. The number of likely N-dealkylation sites (tertiary alicyclic amines) is 1. The highest BCUT2D eigenvalue weighted by molar-refractivity contribution is 7.14. The molecule has 0 bridgehead atoms. The van der Waals surface area contributed by atoms with E-state index in [4.69, 9.17) is 0 Å². The van der Waals surface area contributed by atoms with Crippen molar-refractivity contribution in [3.63, 3.8) is 0 Å². The summed E-state index contributed by atoms with van der Waals surface area (Å²) in [7, 11) is 0. The third kappa shape index (κ3) is 2.96. The fraction of sp³-hybridized carbons (Fsp3) is 0.643. The highest BCUT2D eigenvalue weighted by Crippen LogP contribution is 2.23. The van der Waals surface area contributed by atoms with Gasteiger partial charge in [-0.1, -0.05) is 6.42 Å². The van der Waals surface area contributed by atoms with Crippen molar-refractivity contribution >= 4 is 17.1 Å². The topological polar surface area (TPSA) is 20.3 Å². The van der Waals surface area contributed by atoms with Gasteiger partial charge in [-0.15, -0.1) is 11.3 Å². The Morgan fingerprint density at radius 1 is 1.35 bits per heavy atom. The van der Waals surface area contributed by atoms with Crippen LogP contribution in [0, 0.1) is 6.92 Å². The maximum absolute atomic E-state index is 12.2. The second-order valence-corrected chi connectivity index (χ2v) is 6.42. The fourth-order valence-corrected chi connectivity index (χ4v) is 3.41. The van der Waals surface area contributed by atoms with Crippen LogP contribution in [0.2, 0.25) is 0 Å². The first-order chi connectivity index (χ1) is 8.08. The van der Waals surface area contributed by atoms with Crippen molar-refractivity contribution in [2.45, 2.75) is 52.1 Å². The molecule has 1 saturated heterocycles. The molecule has 94 valence electrons. The smallest absolute Gasteiger partial charge is 0.186 e. The van der Waals surface area contributed by atoms with Gasteiger partial charge in [-0.25, -0.2) is 0 Å². The molecule has 1 aliphatic rings. The molecule has 0 amide bonds. The molecule has 2 unspecified atom stereocenters. The average Bonchev–Trinajstić information content (AvgIpc) is 2.70. The van der Waals surface area contributed by atoms with Crippen molar-refractivity contribution in [2.24, 2.45) is 0 Å². The maximum Gasteiger partial charge on any atom is 0.186 e. The minimum Gasteiger partial charge on any atom is -0.292 e. The number of piperidine rings is 1. The van der Waals surface area contributed by atoms with Crippen LogP contribution in [-0.2, 0) is 0 Å². The van der Waals surface area contributed by atoms with Gasteiger partial charge in [-0.3, -0.25) is 9.69 Å². The van der Waals surface area contributed by atoms with Gasteiger partial charge in [0, 0.05) is 17.0 Å². The minimum atomic E-state index is 0.281. The fourth-order valence-electron chi connectivity index (χ4n) is 2.61. The molecule has 0 saturated carbocycles. The quantitative estimate of drug-likeness (QED) is 0.766. The Hall–Kier alpha value is -0.670. The van der Waals surface area contributed by atoms with Gasteiger partial charge in [0.1, 0.15) is 0 Å². The number of thiophene rings is 1. The predicted molar refractivity (Wildman–Crippen MR) is 72.9 cm³/mol. The van der Waals surface area contributed by atoms with Gasteiger partial charge in [0.25, 0.3) is 0 Å². The van der Waals surface area contributed by atoms with E-state index in [1.165, 1.54) is 24.1 Å². The summed E-state index contributed by atoms with van der Waals surface area (Å²) in [6, 6.07) is 5.08. The number of rotatable bonds is 3. The minimum absolute atomic E-state index is 0.281. The Bertz CT molecular complexity index is 389. The lowest BCUT2D eigenvalue weighted by atomic mass is 9.97. The third-order valence-corrected chi connectivity index (χ3v) is 4.76. The summed E-state index contributed by atoms with van der Waals surface area (Å²) in [6.45, 7) is 7.11. The molecular formula is C14H21NOS. The highest BCUT2D eigenvalue weighted by atomic mass is 32.1. The normalized spacial score (nSPS) is 26.1. The summed E-state index contributed by atoms with van der Waals surface area (Å²) in [5, 5.41) is 0. The molecule has 0 spiro atoms. The van der Waals surface area contributed by atoms with Gasteiger partial charge in [-0.05, 0) is 45.7 Å². The Kier molecular flexibility index (Phi) is 4.00. The van der Waals surface area contributed by atoms with Gasteiger partial charge >= 0.3 is 0 Å². The van der Waals surface area contributed by atoms with Gasteiger partial charge in [0.05, 0.1) is 11.4 Å². The Morgan fingerprint density at radius 2 is 2.00 bits per heavy atom. The van der Waals surface area contributed by atoms with Crippen molar-refractivity contribution < 1.29 is 4.79 Å². The molecule has 2 rings (SSSR count). The molecule has 0 N–H and O–H groups in total. The summed E-state index contributed by atoms with van der Waals surface area (Å²) in [4.78, 5) is 16.7. The van der Waals surface area contributed by atoms with E-state index >= 15 is 0 Å². The van der Waals surface area contributed by atoms with Crippen LogP contribution in [0.15, 0.2) is 12.1 Å². The third-order valence-electron chi connectivity index (χ3n) is 3.72. The zero-order valence-electron chi connectivity index (χ0n) is 10.9. The van der Waals surface area contributed by atoms with Gasteiger partial charge in [0.2, 0.25) is 0 Å². The Morgan fingerprint density at radius 3 is 2.53 bits per heavy atom. The number of carbonyl (C=O) groups is 1. The molecule has 17 heavy (non-hydrogen) atoms. The number of nitrogens with zero attached hydrogens (tertiary/aromatic N) is 1. The van der Waals surface area contributed by atoms with Gasteiger partial charge in [-0.2, -0.15) is 0 Å². The van der Waals surface area contributed by atoms with Gasteiger partial charge < -0.3 is 0 Å². The number of Topliss-reactive ketones (excluding diaryl/α,β-unsaturated/α-hetero) is 1. The second kappa shape index (κ2) is 5.32. The highest BCUT2D eigenvalue weighted by Gasteiger charge is 2.26. The van der Waals surface area contributed by atoms with Crippen molar-refractivity contribution in [3.8, 4) is 0 Å². The van der Waals surface area contributed by atoms with Crippen LogP contribution in [0.4, 0.5) is 0 Å². The SMILES string of the molecule is Cc1ccc(C(=O)CN2C(C)CCCC2C)s1. The lowest BCUT2D eigenvalue weighted by molar-refractivity contribution is 0.0738. The standard InChI is InChI=1S/C14H21NOS/c1-10-5-4-6-11(2)15(10)9-13(16)14-8-7-12(3)17-14/h7-8,10-11H,4-6,9H2,1-3H3. The van der Waals surface area contributed by atoms with E-state index < -0.39 is 0 Å². The lowest BCUT2D eigenvalue weighted by Gasteiger charge is -2.38. The van der Waals surface area contributed by atoms with E-state index in [1.807, 2.05) is 19.1 Å². The molecule has 3 heteroatoms. The number of carbonyl (C=O) groups excluding carboxylic acids is 1. The molecule has 2 heterocycles. The van der Waals surface area contributed by atoms with Crippen LogP contribution in [0.3, 0.4) is 0 Å². The van der Waals surface area contributed by atoms with Crippen molar-refractivity contribution in [1.29, 1.82) is 0 Å². The molecule has 2 nitrogen and oxygen atoms in total. The van der Waals surface area contributed by atoms with Crippen LogP contribution >= 0.6 is 11.3 Å². The zero-order valence-corrected chi connectivity index (χ0v) is 11.7.